The second kappa shape index (κ2) is 10.4. The summed E-state index contributed by atoms with van der Waals surface area (Å²) in [5.74, 6) is 1.34. The van der Waals surface area contributed by atoms with E-state index in [1.165, 1.54) is 0 Å². The average molecular weight is 511 g/mol. The lowest BCUT2D eigenvalue weighted by Gasteiger charge is -2.29. The van der Waals surface area contributed by atoms with Crippen LogP contribution in [0.25, 0.3) is 11.5 Å². The lowest BCUT2D eigenvalue weighted by molar-refractivity contribution is -0.119. The van der Waals surface area contributed by atoms with Crippen LogP contribution in [0.5, 0.6) is 5.88 Å². The van der Waals surface area contributed by atoms with Crippen LogP contribution in [-0.4, -0.2) is 66.3 Å². The van der Waals surface area contributed by atoms with Crippen molar-refractivity contribution < 1.29 is 18.7 Å². The Labute approximate surface area is 219 Å². The number of rotatable bonds is 6. The van der Waals surface area contributed by atoms with E-state index in [9.17, 15) is 4.79 Å². The molecule has 2 aliphatic rings. The van der Waals surface area contributed by atoms with Gasteiger partial charge in [-0.3, -0.25) is 9.79 Å². The number of carbonyl (C=O) groups is 1. The number of aromatic nitrogens is 3. The van der Waals surface area contributed by atoms with Gasteiger partial charge in [0.1, 0.15) is 5.82 Å². The number of benzene rings is 2. The summed E-state index contributed by atoms with van der Waals surface area (Å²) in [5, 5.41) is 11.5. The van der Waals surface area contributed by atoms with Crippen molar-refractivity contribution in [2.24, 2.45) is 4.99 Å². The van der Waals surface area contributed by atoms with Gasteiger partial charge in [-0.15, -0.1) is 5.10 Å². The fraction of sp³-hybridized carbons (Fsp3) is 0.250. The van der Waals surface area contributed by atoms with Crippen LogP contribution in [0.2, 0.25) is 0 Å². The number of ether oxygens (including phenoxy) is 2. The van der Waals surface area contributed by atoms with Gasteiger partial charge in [-0.1, -0.05) is 59.7 Å². The molecular weight excluding hydrogens is 484 g/mol. The number of morpholine rings is 1. The molecule has 0 radical (unpaired) electrons. The molecule has 10 heteroatoms. The van der Waals surface area contributed by atoms with E-state index in [1.54, 1.807) is 13.2 Å². The zero-order valence-electron chi connectivity index (χ0n) is 20.8. The number of hydrogen-bond acceptors (Lipinski definition) is 10. The Kier molecular flexibility index (Phi) is 6.53. The molecule has 2 aliphatic heterocycles. The van der Waals surface area contributed by atoms with Crippen LogP contribution in [0.15, 0.2) is 76.1 Å². The summed E-state index contributed by atoms with van der Waals surface area (Å²) in [6.07, 6.45) is -0.656. The van der Waals surface area contributed by atoms with Crippen molar-refractivity contribution in [2.45, 2.75) is 12.6 Å². The molecule has 0 spiro atoms. The van der Waals surface area contributed by atoms with Crippen LogP contribution in [-0.2, 0) is 16.0 Å². The van der Waals surface area contributed by atoms with Gasteiger partial charge in [0.25, 0.3) is 5.89 Å². The molecule has 0 unspecified atom stereocenters. The maximum atomic E-state index is 13.3. The largest absolute Gasteiger partial charge is 0.481 e. The summed E-state index contributed by atoms with van der Waals surface area (Å²) < 4.78 is 16.8. The number of anilines is 2. The molecule has 2 aromatic heterocycles. The zero-order valence-corrected chi connectivity index (χ0v) is 20.8. The van der Waals surface area contributed by atoms with Crippen molar-refractivity contribution in [3.8, 4) is 17.3 Å². The van der Waals surface area contributed by atoms with Gasteiger partial charge in [-0.05, 0) is 11.6 Å². The van der Waals surface area contributed by atoms with Crippen LogP contribution in [0.1, 0.15) is 16.7 Å². The highest BCUT2D eigenvalue weighted by molar-refractivity contribution is 6.16. The van der Waals surface area contributed by atoms with E-state index in [0.717, 1.165) is 22.4 Å². The predicted octanol–water partition coefficient (Wildman–Crippen LogP) is 3.38. The second-order valence-electron chi connectivity index (χ2n) is 8.93. The number of methoxy groups -OCH3 is 1. The fourth-order valence-corrected chi connectivity index (χ4v) is 4.63. The molecule has 38 heavy (non-hydrogen) atoms. The molecule has 6 rings (SSSR count). The molecule has 0 bridgehead atoms. The summed E-state index contributed by atoms with van der Waals surface area (Å²) in [6, 6.07) is 21.4. The van der Waals surface area contributed by atoms with Crippen LogP contribution in [0.3, 0.4) is 0 Å². The molecule has 1 atom stereocenters. The molecule has 1 fully saturated rings. The minimum Gasteiger partial charge on any atom is -0.481 e. The number of nitrogens with zero attached hydrogens (tertiary/aromatic N) is 5. The van der Waals surface area contributed by atoms with E-state index in [2.05, 4.69) is 25.4 Å². The van der Waals surface area contributed by atoms with Gasteiger partial charge in [0.2, 0.25) is 5.88 Å². The van der Waals surface area contributed by atoms with Crippen molar-refractivity contribution in [1.82, 2.24) is 15.2 Å². The van der Waals surface area contributed by atoms with E-state index in [1.807, 2.05) is 60.7 Å². The number of fused-ring (bicyclic) bond motifs is 1. The van der Waals surface area contributed by atoms with Crippen molar-refractivity contribution in [3.63, 3.8) is 0 Å². The summed E-state index contributed by atoms with van der Waals surface area (Å²) in [6.45, 7) is 2.56. The molecular formula is C28H26N6O4. The molecule has 1 saturated heterocycles. The van der Waals surface area contributed by atoms with E-state index >= 15 is 0 Å². The van der Waals surface area contributed by atoms with Crippen LogP contribution < -0.4 is 15.0 Å². The minimum atomic E-state index is -0.890. The van der Waals surface area contributed by atoms with Gasteiger partial charge in [-0.25, -0.2) is 0 Å². The lowest BCUT2D eigenvalue weighted by Crippen LogP contribution is -2.37. The third-order valence-corrected chi connectivity index (χ3v) is 6.53. The monoisotopic (exact) mass is 510 g/mol. The normalized spacial score (nSPS) is 17.4. The lowest BCUT2D eigenvalue weighted by atomic mass is 9.96. The first-order chi connectivity index (χ1) is 18.7. The standard InChI is InChI=1S/C28H26N6O4/c1-36-23-12-11-21(26(29-23)34-13-15-37-16-14-34)27-32-33-28(38-27)31-25-22(35)17-19-9-5-6-10-20(19)24(30-25)18-7-3-2-4-8-18/h2-12,25H,13-17H2,1H3,(H,31,33)/t25-/m1/s1. The third kappa shape index (κ3) is 4.73. The average Bonchev–Trinajstić information content (AvgIpc) is 3.39. The van der Waals surface area contributed by atoms with Crippen LogP contribution in [0, 0.1) is 0 Å². The Bertz CT molecular complexity index is 1480. The van der Waals surface area contributed by atoms with Crippen molar-refractivity contribution in [2.75, 3.05) is 43.6 Å². The van der Waals surface area contributed by atoms with Gasteiger partial charge >= 0.3 is 6.01 Å². The fourth-order valence-electron chi connectivity index (χ4n) is 4.63. The maximum absolute atomic E-state index is 13.3. The highest BCUT2D eigenvalue weighted by atomic mass is 16.5. The summed E-state index contributed by atoms with van der Waals surface area (Å²) in [7, 11) is 1.58. The number of pyridine rings is 1. The molecule has 0 aliphatic carbocycles. The van der Waals surface area contributed by atoms with E-state index in [0.29, 0.717) is 43.6 Å². The second-order valence-corrected chi connectivity index (χ2v) is 8.93. The SMILES string of the molecule is COc1ccc(-c2nnc(N[C@H]3N=C(c4ccccc4)c4ccccc4CC3=O)o2)c(N2CCOCC2)n1. The molecule has 0 amide bonds. The van der Waals surface area contributed by atoms with Crippen molar-refractivity contribution in [3.05, 3.63) is 83.4 Å². The Hall–Kier alpha value is -4.57. The smallest absolute Gasteiger partial charge is 0.317 e. The molecule has 4 heterocycles. The molecule has 4 aromatic rings. The predicted molar refractivity (Wildman–Crippen MR) is 142 cm³/mol. The van der Waals surface area contributed by atoms with Gasteiger partial charge in [-0.2, -0.15) is 4.98 Å². The highest BCUT2D eigenvalue weighted by Crippen LogP contribution is 2.32. The first kappa shape index (κ1) is 23.8. The van der Waals surface area contributed by atoms with Gasteiger partial charge < -0.3 is 24.1 Å². The number of aliphatic imine (C=N–C) groups is 1. The number of carbonyl (C=O) groups excluding carboxylic acids is 1. The number of Topliss-reactive ketones (excluding diaryl/α,β-unsaturated/α-hetero) is 1. The van der Waals surface area contributed by atoms with Crippen LogP contribution in [0.4, 0.5) is 11.8 Å². The van der Waals surface area contributed by atoms with Crippen molar-refractivity contribution in [1.29, 1.82) is 0 Å². The molecule has 192 valence electrons. The quantitative estimate of drug-likeness (QED) is 0.417. The number of nitrogens with one attached hydrogen (secondary N) is 1. The molecule has 1 N–H and O–H groups in total. The Morgan fingerprint density at radius 3 is 2.55 bits per heavy atom. The van der Waals surface area contributed by atoms with Crippen molar-refractivity contribution >= 4 is 23.3 Å². The molecule has 0 saturated carbocycles. The number of ketones is 1. The third-order valence-electron chi connectivity index (χ3n) is 6.53. The topological polar surface area (TPSA) is 115 Å². The van der Waals surface area contributed by atoms with E-state index in [-0.39, 0.29) is 24.1 Å². The van der Waals surface area contributed by atoms with E-state index < -0.39 is 6.17 Å². The zero-order chi connectivity index (χ0) is 25.9. The first-order valence-corrected chi connectivity index (χ1v) is 12.4. The maximum Gasteiger partial charge on any atom is 0.317 e. The summed E-state index contributed by atoms with van der Waals surface area (Å²) in [5.41, 5.74) is 4.18. The van der Waals surface area contributed by atoms with Crippen LogP contribution >= 0.6 is 0 Å². The van der Waals surface area contributed by atoms with Gasteiger partial charge in [0.05, 0.1) is 31.6 Å². The summed E-state index contributed by atoms with van der Waals surface area (Å²) in [4.78, 5) is 24.8. The van der Waals surface area contributed by atoms with E-state index in [4.69, 9.17) is 18.9 Å². The molecule has 10 nitrogen and oxygen atoms in total. The minimum absolute atomic E-state index is 0.0942. The Morgan fingerprint density at radius 2 is 1.74 bits per heavy atom. The Balaban J connectivity index is 1.32. The number of hydrogen-bond donors (Lipinski definition) is 1. The highest BCUT2D eigenvalue weighted by Gasteiger charge is 2.28. The Morgan fingerprint density at radius 1 is 0.947 bits per heavy atom. The molecule has 2 aromatic carbocycles. The first-order valence-electron chi connectivity index (χ1n) is 12.4. The summed E-state index contributed by atoms with van der Waals surface area (Å²) >= 11 is 0. The van der Waals surface area contributed by atoms with Gasteiger partial charge in [0.15, 0.2) is 11.9 Å². The van der Waals surface area contributed by atoms with Gasteiger partial charge in [0, 0.05) is 36.7 Å².